The van der Waals surface area contributed by atoms with E-state index in [4.69, 9.17) is 14.7 Å². The molecule has 0 spiro atoms. The fourth-order valence-electron chi connectivity index (χ4n) is 3.50. The first-order chi connectivity index (χ1) is 14.7. The lowest BCUT2D eigenvalue weighted by molar-refractivity contribution is 0.00694. The van der Waals surface area contributed by atoms with E-state index in [-0.39, 0.29) is 5.97 Å². The molecule has 0 saturated carbocycles. The second kappa shape index (κ2) is 9.09. The number of hydrogen-bond acceptors (Lipinski definition) is 4. The molecule has 2 aromatic carbocycles. The van der Waals surface area contributed by atoms with Gasteiger partial charge in [-0.15, -0.1) is 0 Å². The Morgan fingerprint density at radius 3 is 2.35 bits per heavy atom. The molecule has 0 radical (unpaired) electrons. The van der Waals surface area contributed by atoms with E-state index in [2.05, 4.69) is 22.8 Å². The molecule has 0 fully saturated rings. The summed E-state index contributed by atoms with van der Waals surface area (Å²) < 4.78 is 12.9. The quantitative estimate of drug-likeness (QED) is 0.471. The Morgan fingerprint density at radius 2 is 1.77 bits per heavy atom. The minimum atomic E-state index is -0.546. The zero-order valence-corrected chi connectivity index (χ0v) is 18.7. The van der Waals surface area contributed by atoms with Gasteiger partial charge in [-0.2, -0.15) is 5.26 Å². The number of rotatable bonds is 6. The molecule has 5 heteroatoms. The van der Waals surface area contributed by atoms with Crippen molar-refractivity contribution in [3.05, 3.63) is 71.4 Å². The van der Waals surface area contributed by atoms with E-state index >= 15 is 0 Å². The maximum absolute atomic E-state index is 12.5. The molecule has 1 aromatic heterocycles. The molecule has 0 unspecified atom stereocenters. The highest BCUT2D eigenvalue weighted by molar-refractivity contribution is 5.90. The highest BCUT2D eigenvalue weighted by Crippen LogP contribution is 2.31. The van der Waals surface area contributed by atoms with Gasteiger partial charge in [0.1, 0.15) is 11.4 Å². The predicted octanol–water partition coefficient (Wildman–Crippen LogP) is 5.87. The van der Waals surface area contributed by atoms with Gasteiger partial charge >= 0.3 is 5.97 Å². The van der Waals surface area contributed by atoms with E-state index in [1.807, 2.05) is 64.1 Å². The molecule has 0 atom stereocenters. The second-order valence-corrected chi connectivity index (χ2v) is 8.44. The number of nitrogens with zero attached hydrogens (tertiary/aromatic N) is 2. The van der Waals surface area contributed by atoms with Gasteiger partial charge < -0.3 is 14.0 Å². The number of benzene rings is 2. The number of ether oxygens (including phenoxy) is 2. The third kappa shape index (κ3) is 5.16. The number of nitriles is 1. The van der Waals surface area contributed by atoms with Crippen molar-refractivity contribution in [1.82, 2.24) is 4.57 Å². The van der Waals surface area contributed by atoms with Crippen LogP contribution in [0.15, 0.2) is 54.6 Å². The summed E-state index contributed by atoms with van der Waals surface area (Å²) in [4.78, 5) is 12.5. The number of methoxy groups -OCH3 is 1. The van der Waals surface area contributed by atoms with Crippen LogP contribution >= 0.6 is 0 Å². The molecule has 0 saturated heterocycles. The molecule has 0 amide bonds. The van der Waals surface area contributed by atoms with E-state index in [9.17, 15) is 4.79 Å². The monoisotopic (exact) mass is 416 g/mol. The van der Waals surface area contributed by atoms with Gasteiger partial charge in [-0.05, 0) is 93.4 Å². The van der Waals surface area contributed by atoms with Crippen LogP contribution in [0.4, 0.5) is 0 Å². The van der Waals surface area contributed by atoms with E-state index < -0.39 is 5.60 Å². The van der Waals surface area contributed by atoms with Crippen molar-refractivity contribution in [1.29, 1.82) is 5.26 Å². The Hall–Kier alpha value is -3.52. The Bertz CT molecular complexity index is 1110. The first-order valence-corrected chi connectivity index (χ1v) is 10.3. The topological polar surface area (TPSA) is 64.2 Å². The maximum atomic E-state index is 12.5. The normalized spacial score (nSPS) is 11.1. The van der Waals surface area contributed by atoms with Gasteiger partial charge in [0.15, 0.2) is 0 Å². The van der Waals surface area contributed by atoms with Crippen molar-refractivity contribution in [3.8, 4) is 28.8 Å². The predicted molar refractivity (Wildman–Crippen MR) is 122 cm³/mol. The van der Waals surface area contributed by atoms with Crippen LogP contribution < -0.4 is 4.74 Å². The lowest BCUT2D eigenvalue weighted by atomic mass is 10.1. The van der Waals surface area contributed by atoms with Crippen LogP contribution in [0, 0.1) is 18.3 Å². The number of aromatic nitrogens is 1. The SMILES string of the molecule is COc1ccc(-c2ccc(CCC#N)n2-c2ccc(C(=O)OC(C)(C)C)cc2C)cc1. The third-order valence-corrected chi connectivity index (χ3v) is 4.91. The molecule has 0 N–H and O–H groups in total. The fraction of sp³-hybridized carbons (Fsp3) is 0.308. The fourth-order valence-corrected chi connectivity index (χ4v) is 3.50. The van der Waals surface area contributed by atoms with Crippen LogP contribution in [-0.4, -0.2) is 23.2 Å². The molecule has 0 aliphatic carbocycles. The first kappa shape index (κ1) is 22.2. The van der Waals surface area contributed by atoms with Crippen molar-refractivity contribution in [2.24, 2.45) is 0 Å². The molecule has 3 rings (SSSR count). The zero-order valence-electron chi connectivity index (χ0n) is 18.7. The van der Waals surface area contributed by atoms with E-state index in [0.717, 1.165) is 34.0 Å². The molecule has 3 aromatic rings. The summed E-state index contributed by atoms with van der Waals surface area (Å²) in [6.45, 7) is 7.55. The molecular weight excluding hydrogens is 388 g/mol. The summed E-state index contributed by atoms with van der Waals surface area (Å²) in [5, 5.41) is 9.09. The molecule has 31 heavy (non-hydrogen) atoms. The number of carbonyl (C=O) groups excluding carboxylic acids is 1. The smallest absolute Gasteiger partial charge is 0.338 e. The van der Waals surface area contributed by atoms with Gasteiger partial charge in [0.2, 0.25) is 0 Å². The summed E-state index contributed by atoms with van der Waals surface area (Å²) in [5.74, 6) is 0.458. The largest absolute Gasteiger partial charge is 0.497 e. The van der Waals surface area contributed by atoms with Crippen LogP contribution in [-0.2, 0) is 11.2 Å². The van der Waals surface area contributed by atoms with Crippen LogP contribution in [0.3, 0.4) is 0 Å². The zero-order chi connectivity index (χ0) is 22.6. The number of esters is 1. The van der Waals surface area contributed by atoms with Gasteiger partial charge in [-0.25, -0.2) is 4.79 Å². The molecule has 5 nitrogen and oxygen atoms in total. The summed E-state index contributed by atoms with van der Waals surface area (Å²) >= 11 is 0. The summed E-state index contributed by atoms with van der Waals surface area (Å²) in [6, 6.07) is 19.8. The van der Waals surface area contributed by atoms with Crippen LogP contribution in [0.25, 0.3) is 16.9 Å². The molecular formula is C26H28N2O3. The Morgan fingerprint density at radius 1 is 1.06 bits per heavy atom. The Balaban J connectivity index is 2.06. The highest BCUT2D eigenvalue weighted by Gasteiger charge is 2.20. The lowest BCUT2D eigenvalue weighted by Crippen LogP contribution is -2.24. The number of hydrogen-bond donors (Lipinski definition) is 0. The lowest BCUT2D eigenvalue weighted by Gasteiger charge is -2.20. The van der Waals surface area contributed by atoms with E-state index in [1.165, 1.54) is 0 Å². The van der Waals surface area contributed by atoms with Crippen molar-refractivity contribution < 1.29 is 14.3 Å². The number of aryl methyl sites for hydroxylation is 2. The summed E-state index contributed by atoms with van der Waals surface area (Å²) in [7, 11) is 1.65. The van der Waals surface area contributed by atoms with Gasteiger partial charge in [0, 0.05) is 24.2 Å². The average Bonchev–Trinajstić information content (AvgIpc) is 3.14. The maximum Gasteiger partial charge on any atom is 0.338 e. The van der Waals surface area contributed by atoms with Gasteiger partial charge in [-0.1, -0.05) is 0 Å². The minimum Gasteiger partial charge on any atom is -0.497 e. The molecule has 0 bridgehead atoms. The van der Waals surface area contributed by atoms with Crippen molar-refractivity contribution in [2.45, 2.75) is 46.1 Å². The summed E-state index contributed by atoms with van der Waals surface area (Å²) in [6.07, 6.45) is 1.07. The van der Waals surface area contributed by atoms with Crippen molar-refractivity contribution >= 4 is 5.97 Å². The van der Waals surface area contributed by atoms with Gasteiger partial charge in [-0.3, -0.25) is 0 Å². The van der Waals surface area contributed by atoms with Gasteiger partial charge in [0.25, 0.3) is 0 Å². The van der Waals surface area contributed by atoms with Crippen molar-refractivity contribution in [2.75, 3.05) is 7.11 Å². The first-order valence-electron chi connectivity index (χ1n) is 10.3. The van der Waals surface area contributed by atoms with E-state index in [0.29, 0.717) is 18.4 Å². The molecule has 0 aliphatic rings. The average molecular weight is 417 g/mol. The Kier molecular flexibility index (Phi) is 6.50. The minimum absolute atomic E-state index is 0.338. The third-order valence-electron chi connectivity index (χ3n) is 4.91. The second-order valence-electron chi connectivity index (χ2n) is 8.44. The standard InChI is InChI=1S/C26H28N2O3/c1-18-17-20(25(29)31-26(2,3)4)10-14-23(18)28-21(7-6-16-27)11-15-24(28)19-8-12-22(30-5)13-9-19/h8-15,17H,6-7H2,1-5H3. The van der Waals surface area contributed by atoms with Gasteiger partial charge in [0.05, 0.1) is 24.4 Å². The molecule has 0 aliphatic heterocycles. The van der Waals surface area contributed by atoms with E-state index in [1.54, 1.807) is 13.2 Å². The molecule has 1 heterocycles. The highest BCUT2D eigenvalue weighted by atomic mass is 16.6. The Labute approximate surface area is 183 Å². The number of carbonyl (C=O) groups is 1. The van der Waals surface area contributed by atoms with Crippen molar-refractivity contribution in [3.63, 3.8) is 0 Å². The summed E-state index contributed by atoms with van der Waals surface area (Å²) in [5.41, 5.74) is 5.00. The van der Waals surface area contributed by atoms with Crippen LogP contribution in [0.1, 0.15) is 48.8 Å². The van der Waals surface area contributed by atoms with Crippen LogP contribution in [0.2, 0.25) is 0 Å². The molecule has 160 valence electrons. The van der Waals surface area contributed by atoms with Crippen LogP contribution in [0.5, 0.6) is 5.75 Å².